The SMILES string of the molecule is CCCn1ncc(Br)c1C(NC)C1Cc2ccccc2S1. The quantitative estimate of drug-likeness (QED) is 0.867. The van der Waals surface area contributed by atoms with Crippen LogP contribution in [0.25, 0.3) is 0 Å². The first kappa shape index (κ1) is 15.1. The largest absolute Gasteiger partial charge is 0.311 e. The number of aromatic nitrogens is 2. The molecule has 1 aromatic heterocycles. The molecule has 1 aromatic carbocycles. The number of fused-ring (bicyclic) bond motifs is 1. The van der Waals surface area contributed by atoms with Gasteiger partial charge >= 0.3 is 0 Å². The Labute approximate surface area is 138 Å². The predicted molar refractivity (Wildman–Crippen MR) is 91.8 cm³/mol. The molecule has 0 spiro atoms. The Morgan fingerprint density at radius 3 is 3.00 bits per heavy atom. The summed E-state index contributed by atoms with van der Waals surface area (Å²) in [6.07, 6.45) is 4.12. The van der Waals surface area contributed by atoms with Gasteiger partial charge in [-0.3, -0.25) is 4.68 Å². The highest BCUT2D eigenvalue weighted by molar-refractivity contribution is 9.10. The lowest BCUT2D eigenvalue weighted by atomic mass is 10.0. The summed E-state index contributed by atoms with van der Waals surface area (Å²) >= 11 is 5.66. The highest BCUT2D eigenvalue weighted by atomic mass is 79.9. The van der Waals surface area contributed by atoms with Crippen LogP contribution in [0.2, 0.25) is 0 Å². The van der Waals surface area contributed by atoms with Crippen LogP contribution in [0.15, 0.2) is 39.8 Å². The fourth-order valence-electron chi connectivity index (χ4n) is 2.96. The van der Waals surface area contributed by atoms with Gasteiger partial charge in [-0.25, -0.2) is 0 Å². The van der Waals surface area contributed by atoms with Crippen molar-refractivity contribution in [3.63, 3.8) is 0 Å². The van der Waals surface area contributed by atoms with Crippen molar-refractivity contribution in [1.82, 2.24) is 15.1 Å². The number of benzene rings is 1. The molecule has 0 amide bonds. The van der Waals surface area contributed by atoms with Crippen molar-refractivity contribution in [1.29, 1.82) is 0 Å². The van der Waals surface area contributed by atoms with Crippen molar-refractivity contribution in [2.24, 2.45) is 0 Å². The fraction of sp³-hybridized carbons (Fsp3) is 0.438. The first-order valence-electron chi connectivity index (χ1n) is 7.37. The summed E-state index contributed by atoms with van der Waals surface area (Å²) in [5, 5.41) is 8.53. The smallest absolute Gasteiger partial charge is 0.0707 e. The van der Waals surface area contributed by atoms with Gasteiger partial charge in [0.2, 0.25) is 0 Å². The minimum absolute atomic E-state index is 0.297. The predicted octanol–water partition coefficient (Wildman–Crippen LogP) is 4.03. The Morgan fingerprint density at radius 2 is 2.29 bits per heavy atom. The van der Waals surface area contributed by atoms with Gasteiger partial charge in [-0.1, -0.05) is 25.1 Å². The van der Waals surface area contributed by atoms with E-state index in [1.807, 2.05) is 25.0 Å². The second-order valence-corrected chi connectivity index (χ2v) is 7.47. The summed E-state index contributed by atoms with van der Waals surface area (Å²) in [6, 6.07) is 9.03. The van der Waals surface area contributed by atoms with Gasteiger partial charge in [0, 0.05) is 16.7 Å². The lowest BCUT2D eigenvalue weighted by Gasteiger charge is -2.24. The van der Waals surface area contributed by atoms with Crippen molar-refractivity contribution in [2.75, 3.05) is 7.05 Å². The molecule has 2 heterocycles. The number of hydrogen-bond donors (Lipinski definition) is 1. The van der Waals surface area contributed by atoms with E-state index >= 15 is 0 Å². The number of rotatable bonds is 5. The zero-order valence-corrected chi connectivity index (χ0v) is 14.7. The number of thioether (sulfide) groups is 1. The van der Waals surface area contributed by atoms with Gasteiger partial charge < -0.3 is 5.32 Å². The van der Waals surface area contributed by atoms with Crippen molar-refractivity contribution >= 4 is 27.7 Å². The van der Waals surface area contributed by atoms with Crippen molar-refractivity contribution in [3.05, 3.63) is 46.2 Å². The van der Waals surface area contributed by atoms with E-state index in [-0.39, 0.29) is 0 Å². The summed E-state index contributed by atoms with van der Waals surface area (Å²) < 4.78 is 3.24. The Hall–Kier alpha value is -0.780. The van der Waals surface area contributed by atoms with E-state index in [1.54, 1.807) is 0 Å². The van der Waals surface area contributed by atoms with Crippen molar-refractivity contribution < 1.29 is 0 Å². The van der Waals surface area contributed by atoms with Crippen molar-refractivity contribution in [3.8, 4) is 0 Å². The van der Waals surface area contributed by atoms with E-state index in [0.717, 1.165) is 23.9 Å². The molecule has 1 aliphatic heterocycles. The molecule has 5 heteroatoms. The summed E-state index contributed by atoms with van der Waals surface area (Å²) in [5.74, 6) is 0. The second-order valence-electron chi connectivity index (χ2n) is 5.34. The maximum atomic E-state index is 4.52. The molecule has 3 nitrogen and oxygen atoms in total. The normalized spacial score (nSPS) is 18.7. The molecular formula is C16H20BrN3S. The lowest BCUT2D eigenvalue weighted by molar-refractivity contribution is 0.485. The topological polar surface area (TPSA) is 29.9 Å². The number of nitrogens with one attached hydrogen (secondary N) is 1. The van der Waals surface area contributed by atoms with Crippen LogP contribution in [0.4, 0.5) is 0 Å². The van der Waals surface area contributed by atoms with Gasteiger partial charge in [-0.15, -0.1) is 11.8 Å². The van der Waals surface area contributed by atoms with Crippen LogP contribution in [0, 0.1) is 0 Å². The third-order valence-corrected chi connectivity index (χ3v) is 5.92. The first-order chi connectivity index (χ1) is 10.2. The molecular weight excluding hydrogens is 346 g/mol. The maximum Gasteiger partial charge on any atom is 0.0707 e. The van der Waals surface area contributed by atoms with Crippen molar-refractivity contribution in [2.45, 2.75) is 42.5 Å². The van der Waals surface area contributed by atoms with E-state index in [9.17, 15) is 0 Å². The van der Waals surface area contributed by atoms with E-state index in [2.05, 4.69) is 62.2 Å². The van der Waals surface area contributed by atoms with Gasteiger partial charge in [-0.2, -0.15) is 5.10 Å². The molecule has 2 aromatic rings. The number of hydrogen-bond acceptors (Lipinski definition) is 3. The minimum Gasteiger partial charge on any atom is -0.311 e. The van der Waals surface area contributed by atoms with E-state index in [0.29, 0.717) is 11.3 Å². The number of halogens is 1. The van der Waals surface area contributed by atoms with Crippen LogP contribution in [0.3, 0.4) is 0 Å². The third kappa shape index (κ3) is 2.91. The van der Waals surface area contributed by atoms with Gasteiger partial charge in [0.05, 0.1) is 22.4 Å². The minimum atomic E-state index is 0.297. The molecule has 0 bridgehead atoms. The zero-order valence-electron chi connectivity index (χ0n) is 12.3. The standard InChI is InChI=1S/C16H20BrN3S/c1-3-8-20-16(12(17)10-19-20)15(18-2)14-9-11-6-4-5-7-13(11)21-14/h4-7,10,14-15,18H,3,8-9H2,1-2H3. The van der Waals surface area contributed by atoms with Crippen LogP contribution in [0.1, 0.15) is 30.6 Å². The average molecular weight is 366 g/mol. The van der Waals surface area contributed by atoms with Gasteiger partial charge in [-0.05, 0) is 47.4 Å². The van der Waals surface area contributed by atoms with Gasteiger partial charge in [0.25, 0.3) is 0 Å². The molecule has 0 saturated heterocycles. The molecule has 2 atom stereocenters. The summed E-state index contributed by atoms with van der Waals surface area (Å²) in [6.45, 7) is 3.15. The lowest BCUT2D eigenvalue weighted by Crippen LogP contribution is -2.30. The van der Waals surface area contributed by atoms with Crippen LogP contribution in [0.5, 0.6) is 0 Å². The molecule has 21 heavy (non-hydrogen) atoms. The Kier molecular flexibility index (Phi) is 4.72. The number of aryl methyl sites for hydroxylation is 1. The summed E-state index contributed by atoms with van der Waals surface area (Å²) in [7, 11) is 2.05. The molecule has 0 fully saturated rings. The van der Waals surface area contributed by atoms with Crippen LogP contribution in [-0.2, 0) is 13.0 Å². The van der Waals surface area contributed by atoms with Crippen LogP contribution < -0.4 is 5.32 Å². The van der Waals surface area contributed by atoms with E-state index in [4.69, 9.17) is 0 Å². The van der Waals surface area contributed by atoms with E-state index in [1.165, 1.54) is 16.2 Å². The molecule has 3 rings (SSSR count). The average Bonchev–Trinajstić information content (AvgIpc) is 3.06. The molecule has 0 radical (unpaired) electrons. The molecule has 2 unspecified atom stereocenters. The van der Waals surface area contributed by atoms with Crippen LogP contribution >= 0.6 is 27.7 Å². The Balaban J connectivity index is 1.89. The molecule has 0 aliphatic carbocycles. The van der Waals surface area contributed by atoms with Gasteiger partial charge in [0.1, 0.15) is 0 Å². The van der Waals surface area contributed by atoms with Gasteiger partial charge in [0.15, 0.2) is 0 Å². The Morgan fingerprint density at radius 1 is 1.48 bits per heavy atom. The molecule has 1 aliphatic rings. The highest BCUT2D eigenvalue weighted by Crippen LogP contribution is 2.43. The Bertz CT molecular complexity index is 601. The molecule has 1 N–H and O–H groups in total. The fourth-order valence-corrected chi connectivity index (χ4v) is 4.96. The molecule has 112 valence electrons. The molecule has 0 saturated carbocycles. The summed E-state index contributed by atoms with van der Waals surface area (Å²) in [4.78, 5) is 1.42. The number of nitrogens with zero attached hydrogens (tertiary/aromatic N) is 2. The van der Waals surface area contributed by atoms with E-state index < -0.39 is 0 Å². The summed E-state index contributed by atoms with van der Waals surface area (Å²) in [5.41, 5.74) is 2.73. The highest BCUT2D eigenvalue weighted by Gasteiger charge is 2.32. The zero-order chi connectivity index (χ0) is 14.8. The second kappa shape index (κ2) is 6.55. The maximum absolute atomic E-state index is 4.52. The third-order valence-electron chi connectivity index (χ3n) is 3.92. The monoisotopic (exact) mass is 365 g/mol. The van der Waals surface area contributed by atoms with Crippen LogP contribution in [-0.4, -0.2) is 22.1 Å². The first-order valence-corrected chi connectivity index (χ1v) is 9.05.